The van der Waals surface area contributed by atoms with E-state index in [1.165, 1.54) is 11.6 Å². The molecule has 3 aromatic carbocycles. The van der Waals surface area contributed by atoms with Crippen LogP contribution in [-0.2, 0) is 20.7 Å². The van der Waals surface area contributed by atoms with Crippen molar-refractivity contribution in [1.82, 2.24) is 4.90 Å². The Morgan fingerprint density at radius 1 is 1.00 bits per heavy atom. The van der Waals surface area contributed by atoms with Crippen molar-refractivity contribution in [3.63, 3.8) is 0 Å². The maximum atomic E-state index is 14.6. The molecule has 0 N–H and O–H groups in total. The van der Waals surface area contributed by atoms with Gasteiger partial charge in [0.05, 0.1) is 12.6 Å². The lowest BCUT2D eigenvalue weighted by molar-refractivity contribution is -0.143. The van der Waals surface area contributed by atoms with Crippen molar-refractivity contribution in [1.29, 1.82) is 0 Å². The van der Waals surface area contributed by atoms with E-state index in [1.54, 1.807) is 12.1 Å². The van der Waals surface area contributed by atoms with Crippen LogP contribution in [0.3, 0.4) is 0 Å². The average molecular weight is 534 g/mol. The zero-order chi connectivity index (χ0) is 28.2. The number of hydrogen-bond donors (Lipinski definition) is 0. The molecule has 0 aromatic heterocycles. The van der Waals surface area contributed by atoms with E-state index in [0.29, 0.717) is 30.8 Å². The molecule has 3 atom stereocenters. The van der Waals surface area contributed by atoms with Gasteiger partial charge in [-0.2, -0.15) is 0 Å². The molecule has 1 amide bonds. The first-order valence-corrected chi connectivity index (χ1v) is 14.0. The van der Waals surface area contributed by atoms with Crippen LogP contribution in [0.2, 0.25) is 0 Å². The molecule has 1 aliphatic carbocycles. The summed E-state index contributed by atoms with van der Waals surface area (Å²) in [6.07, 6.45) is 3.33. The van der Waals surface area contributed by atoms with E-state index in [1.807, 2.05) is 57.7 Å². The van der Waals surface area contributed by atoms with Crippen molar-refractivity contribution in [2.45, 2.75) is 90.3 Å². The Balaban J connectivity index is 1.55. The molecule has 1 fully saturated rings. The number of rotatable bonds is 8. The van der Waals surface area contributed by atoms with Gasteiger partial charge in [0.15, 0.2) is 0 Å². The number of fused-ring (bicyclic) bond motifs is 1. The van der Waals surface area contributed by atoms with Crippen molar-refractivity contribution in [2.24, 2.45) is 0 Å². The molecule has 0 saturated heterocycles. The number of carbonyl (C=O) groups excluding carboxylic acids is 2. The zero-order valence-corrected chi connectivity index (χ0v) is 23.7. The predicted octanol–water partition coefficient (Wildman–Crippen LogP) is 8.11. The van der Waals surface area contributed by atoms with Gasteiger partial charge < -0.3 is 9.47 Å². The second-order valence-electron chi connectivity index (χ2n) is 11.5. The summed E-state index contributed by atoms with van der Waals surface area (Å²) in [6, 6.07) is 18.9. The molecule has 0 radical (unpaired) electrons. The van der Waals surface area contributed by atoms with Gasteiger partial charge in [-0.1, -0.05) is 54.6 Å². The quantitative estimate of drug-likeness (QED) is 0.275. The van der Waals surface area contributed by atoms with Crippen LogP contribution in [0.25, 0.3) is 10.8 Å². The fourth-order valence-corrected chi connectivity index (χ4v) is 5.69. The van der Waals surface area contributed by atoms with Crippen LogP contribution in [0, 0.1) is 5.82 Å². The topological polar surface area (TPSA) is 55.8 Å². The molecule has 0 spiro atoms. The Kier molecular flexibility index (Phi) is 8.94. The first-order chi connectivity index (χ1) is 18.6. The van der Waals surface area contributed by atoms with Crippen LogP contribution in [-0.4, -0.2) is 35.2 Å². The molecular formula is C33H40FNO4. The van der Waals surface area contributed by atoms with Crippen molar-refractivity contribution in [2.75, 3.05) is 6.61 Å². The second-order valence-corrected chi connectivity index (χ2v) is 11.5. The van der Waals surface area contributed by atoms with Gasteiger partial charge in [0.1, 0.15) is 11.4 Å². The third-order valence-corrected chi connectivity index (χ3v) is 7.55. The van der Waals surface area contributed by atoms with Gasteiger partial charge in [0.2, 0.25) is 0 Å². The highest BCUT2D eigenvalue weighted by atomic mass is 19.1. The lowest BCUT2D eigenvalue weighted by Crippen LogP contribution is -2.44. The molecule has 208 valence electrons. The number of ether oxygens (including phenoxy) is 2. The number of nitrogens with zero attached hydrogens (tertiary/aromatic N) is 1. The molecule has 39 heavy (non-hydrogen) atoms. The highest BCUT2D eigenvalue weighted by Crippen LogP contribution is 2.41. The van der Waals surface area contributed by atoms with Gasteiger partial charge in [0, 0.05) is 17.8 Å². The molecule has 0 bridgehead atoms. The third kappa shape index (κ3) is 6.97. The van der Waals surface area contributed by atoms with Crippen LogP contribution in [0.1, 0.15) is 89.0 Å². The number of aryl methyl sites for hydroxylation is 1. The fourth-order valence-electron chi connectivity index (χ4n) is 5.69. The maximum Gasteiger partial charge on any atom is 0.411 e. The molecule has 1 saturated carbocycles. The highest BCUT2D eigenvalue weighted by Gasteiger charge is 2.38. The Bertz CT molecular complexity index is 1300. The summed E-state index contributed by atoms with van der Waals surface area (Å²) < 4.78 is 25.5. The highest BCUT2D eigenvalue weighted by molar-refractivity contribution is 5.87. The number of carbonyl (C=O) groups is 2. The molecule has 0 aliphatic heterocycles. The van der Waals surface area contributed by atoms with Gasteiger partial charge in [-0.15, -0.1) is 0 Å². The minimum Gasteiger partial charge on any atom is -0.466 e. The number of amides is 1. The number of halogens is 1. The van der Waals surface area contributed by atoms with E-state index >= 15 is 0 Å². The number of benzene rings is 3. The van der Waals surface area contributed by atoms with E-state index in [0.717, 1.165) is 35.8 Å². The van der Waals surface area contributed by atoms with Gasteiger partial charge in [-0.05, 0) is 94.4 Å². The van der Waals surface area contributed by atoms with Gasteiger partial charge >= 0.3 is 12.1 Å². The molecule has 5 nitrogen and oxygen atoms in total. The first kappa shape index (κ1) is 28.6. The molecule has 6 heteroatoms. The number of hydrogen-bond acceptors (Lipinski definition) is 4. The summed E-state index contributed by atoms with van der Waals surface area (Å²) in [5.41, 5.74) is 2.62. The summed E-state index contributed by atoms with van der Waals surface area (Å²) in [5, 5.41) is 1.37. The van der Waals surface area contributed by atoms with Crippen molar-refractivity contribution >= 4 is 22.8 Å². The molecule has 1 aliphatic rings. The second kappa shape index (κ2) is 12.2. The largest absolute Gasteiger partial charge is 0.466 e. The van der Waals surface area contributed by atoms with E-state index in [-0.39, 0.29) is 30.0 Å². The Hall–Kier alpha value is -3.41. The zero-order valence-electron chi connectivity index (χ0n) is 23.7. The van der Waals surface area contributed by atoms with Crippen LogP contribution in [0.5, 0.6) is 0 Å². The Morgan fingerprint density at radius 3 is 2.36 bits per heavy atom. The summed E-state index contributed by atoms with van der Waals surface area (Å²) in [5.74, 6) is -0.126. The lowest BCUT2D eigenvalue weighted by Gasteiger charge is -2.37. The smallest absolute Gasteiger partial charge is 0.411 e. The van der Waals surface area contributed by atoms with Gasteiger partial charge in [0.25, 0.3) is 0 Å². The van der Waals surface area contributed by atoms with Gasteiger partial charge in [-0.25, -0.2) is 9.18 Å². The van der Waals surface area contributed by atoms with E-state index < -0.39 is 5.60 Å². The van der Waals surface area contributed by atoms with Crippen LogP contribution >= 0.6 is 0 Å². The standard InChI is InChI=1S/C33H40FNO4/c1-6-38-31(36)20-13-23-11-14-24(15-12-23)25-16-17-26(21-25)35(32(37)39-33(3,4)5)22(2)27-18-19-30(34)29-10-8-7-9-28(27)29/h7-12,14-15,18-19,22,25-26H,6,13,16-17,20-21H2,1-5H3/t22-,25-,26+/m1/s1. The summed E-state index contributed by atoms with van der Waals surface area (Å²) in [6.45, 7) is 9.85. The Morgan fingerprint density at radius 2 is 1.69 bits per heavy atom. The first-order valence-electron chi connectivity index (χ1n) is 14.0. The van der Waals surface area contributed by atoms with Crippen LogP contribution in [0.4, 0.5) is 9.18 Å². The van der Waals surface area contributed by atoms with Crippen LogP contribution < -0.4 is 0 Å². The van der Waals surface area contributed by atoms with Gasteiger partial charge in [-0.3, -0.25) is 9.69 Å². The van der Waals surface area contributed by atoms with Crippen LogP contribution in [0.15, 0.2) is 60.7 Å². The summed E-state index contributed by atoms with van der Waals surface area (Å²) in [7, 11) is 0. The molecule has 4 rings (SSSR count). The number of esters is 1. The minimum atomic E-state index is -0.628. The minimum absolute atomic E-state index is 0.00726. The summed E-state index contributed by atoms with van der Waals surface area (Å²) in [4.78, 5) is 27.2. The molecular weight excluding hydrogens is 493 g/mol. The predicted molar refractivity (Wildman–Crippen MR) is 152 cm³/mol. The monoisotopic (exact) mass is 533 g/mol. The molecule has 0 heterocycles. The summed E-state index contributed by atoms with van der Waals surface area (Å²) >= 11 is 0. The lowest BCUT2D eigenvalue weighted by atomic mass is 9.94. The SMILES string of the molecule is CCOC(=O)CCc1ccc([C@@H]2CC[C@H](N(C(=O)OC(C)(C)C)[C@H](C)c3ccc(F)c4ccccc34)C2)cc1. The van der Waals surface area contributed by atoms with E-state index in [9.17, 15) is 14.0 Å². The van der Waals surface area contributed by atoms with Crippen molar-refractivity contribution in [3.8, 4) is 0 Å². The van der Waals surface area contributed by atoms with E-state index in [2.05, 4.69) is 24.3 Å². The Labute approximate surface area is 231 Å². The molecule has 3 aromatic rings. The maximum absolute atomic E-state index is 14.6. The third-order valence-electron chi connectivity index (χ3n) is 7.55. The fraction of sp³-hybridized carbons (Fsp3) is 0.455. The van der Waals surface area contributed by atoms with E-state index in [4.69, 9.17) is 9.47 Å². The van der Waals surface area contributed by atoms with Crippen molar-refractivity contribution < 1.29 is 23.5 Å². The van der Waals surface area contributed by atoms with Crippen molar-refractivity contribution in [3.05, 3.63) is 83.2 Å². The average Bonchev–Trinajstić information content (AvgIpc) is 3.37. The molecule has 0 unspecified atom stereocenters. The normalized spacial score (nSPS) is 18.1.